The van der Waals surface area contributed by atoms with E-state index in [-0.39, 0.29) is 18.3 Å². The molecule has 1 heterocycles. The van der Waals surface area contributed by atoms with Gasteiger partial charge in [-0.05, 0) is 47.2 Å². The maximum absolute atomic E-state index is 12.1. The molecule has 0 radical (unpaired) electrons. The Morgan fingerprint density at radius 1 is 1.00 bits per heavy atom. The summed E-state index contributed by atoms with van der Waals surface area (Å²) in [7, 11) is 1.81. The summed E-state index contributed by atoms with van der Waals surface area (Å²) < 4.78 is 7.64. The van der Waals surface area contributed by atoms with Crippen molar-refractivity contribution in [2.45, 2.75) is 11.8 Å². The number of fused-ring (bicyclic) bond motifs is 1. The molecular formula is C23H20ClN5O3S. The van der Waals surface area contributed by atoms with Crippen LogP contribution >= 0.6 is 23.4 Å². The van der Waals surface area contributed by atoms with Crippen LogP contribution < -0.4 is 15.6 Å². The first-order valence-electron chi connectivity index (χ1n) is 9.97. The van der Waals surface area contributed by atoms with Crippen LogP contribution in [0.4, 0.5) is 0 Å². The molecule has 2 N–H and O–H groups in total. The molecule has 8 nitrogen and oxygen atoms in total. The number of ether oxygens (including phenoxy) is 1. The van der Waals surface area contributed by atoms with Crippen molar-refractivity contribution in [2.75, 3.05) is 5.75 Å². The number of rotatable bonds is 7. The highest BCUT2D eigenvalue weighted by molar-refractivity contribution is 7.99. The van der Waals surface area contributed by atoms with Crippen molar-refractivity contribution in [3.8, 4) is 5.75 Å². The number of hydrazine groups is 1. The zero-order valence-corrected chi connectivity index (χ0v) is 19.2. The van der Waals surface area contributed by atoms with Gasteiger partial charge in [0.25, 0.3) is 5.91 Å². The Labute approximate surface area is 199 Å². The number of nitrogens with one attached hydrogen (secondary N) is 2. The van der Waals surface area contributed by atoms with Crippen molar-refractivity contribution in [3.05, 3.63) is 83.1 Å². The van der Waals surface area contributed by atoms with Gasteiger partial charge in [-0.15, -0.1) is 10.2 Å². The molecule has 0 aliphatic carbocycles. The summed E-state index contributed by atoms with van der Waals surface area (Å²) in [4.78, 5) is 24.1. The van der Waals surface area contributed by atoms with Gasteiger partial charge in [-0.1, -0.05) is 53.7 Å². The van der Waals surface area contributed by atoms with Gasteiger partial charge in [-0.3, -0.25) is 20.4 Å². The van der Waals surface area contributed by atoms with Crippen LogP contribution in [0, 0.1) is 0 Å². The summed E-state index contributed by atoms with van der Waals surface area (Å²) in [6.07, 6.45) is 0. The summed E-state index contributed by atoms with van der Waals surface area (Å²) >= 11 is 7.01. The Bertz CT molecular complexity index is 1290. The van der Waals surface area contributed by atoms with Crippen LogP contribution in [0.1, 0.15) is 16.2 Å². The van der Waals surface area contributed by atoms with Gasteiger partial charge in [0.1, 0.15) is 12.4 Å². The van der Waals surface area contributed by atoms with Crippen molar-refractivity contribution >= 4 is 45.9 Å². The van der Waals surface area contributed by atoms with Crippen LogP contribution in [-0.2, 0) is 18.4 Å². The summed E-state index contributed by atoms with van der Waals surface area (Å²) in [5, 5.41) is 11.6. The van der Waals surface area contributed by atoms with Gasteiger partial charge in [0.2, 0.25) is 5.91 Å². The minimum absolute atomic E-state index is 0.0540. The fourth-order valence-electron chi connectivity index (χ4n) is 2.97. The standard InChI is InChI=1S/C23H20ClN5O3S/c1-29-20(13-32-19-11-8-15-4-2-3-5-17(15)12-19)25-28-23(29)33-14-21(30)26-27-22(31)16-6-9-18(24)10-7-16/h2-12H,13-14H2,1H3,(H,26,30)(H,27,31). The van der Waals surface area contributed by atoms with Gasteiger partial charge in [0.15, 0.2) is 11.0 Å². The largest absolute Gasteiger partial charge is 0.486 e. The van der Waals surface area contributed by atoms with Gasteiger partial charge in [0, 0.05) is 17.6 Å². The van der Waals surface area contributed by atoms with Crippen molar-refractivity contribution in [3.63, 3.8) is 0 Å². The van der Waals surface area contributed by atoms with Gasteiger partial charge in [0.05, 0.1) is 5.75 Å². The number of halogens is 1. The molecule has 0 atom stereocenters. The van der Waals surface area contributed by atoms with Gasteiger partial charge in [-0.25, -0.2) is 0 Å². The number of thioether (sulfide) groups is 1. The first-order chi connectivity index (χ1) is 16.0. The highest BCUT2D eigenvalue weighted by Gasteiger charge is 2.13. The molecule has 10 heteroatoms. The molecule has 2 amide bonds. The van der Waals surface area contributed by atoms with Crippen LogP contribution in [0.5, 0.6) is 5.75 Å². The van der Waals surface area contributed by atoms with Crippen molar-refractivity contribution in [2.24, 2.45) is 7.05 Å². The maximum Gasteiger partial charge on any atom is 0.269 e. The molecule has 0 unspecified atom stereocenters. The number of carbonyl (C=O) groups excluding carboxylic acids is 2. The third-order valence-electron chi connectivity index (χ3n) is 4.77. The fraction of sp³-hybridized carbons (Fsp3) is 0.130. The predicted molar refractivity (Wildman–Crippen MR) is 127 cm³/mol. The van der Waals surface area contributed by atoms with Gasteiger partial charge < -0.3 is 9.30 Å². The molecule has 168 valence electrons. The molecule has 0 aliphatic heterocycles. The molecule has 0 fully saturated rings. The highest BCUT2D eigenvalue weighted by Crippen LogP contribution is 2.22. The molecule has 1 aromatic heterocycles. The number of aromatic nitrogens is 3. The van der Waals surface area contributed by atoms with Gasteiger partial charge in [-0.2, -0.15) is 0 Å². The van der Waals surface area contributed by atoms with E-state index in [1.165, 1.54) is 11.8 Å². The average molecular weight is 482 g/mol. The Morgan fingerprint density at radius 3 is 2.55 bits per heavy atom. The number of nitrogens with zero attached hydrogens (tertiary/aromatic N) is 3. The van der Waals surface area contributed by atoms with Crippen LogP contribution in [0.2, 0.25) is 5.02 Å². The Kier molecular flexibility index (Phi) is 7.11. The number of hydrogen-bond donors (Lipinski definition) is 2. The minimum atomic E-state index is -0.434. The summed E-state index contributed by atoms with van der Waals surface area (Å²) in [6.45, 7) is 0.242. The average Bonchev–Trinajstić information content (AvgIpc) is 3.19. The van der Waals surface area contributed by atoms with E-state index in [2.05, 4.69) is 21.0 Å². The Hall–Kier alpha value is -3.56. The number of benzene rings is 3. The monoisotopic (exact) mass is 481 g/mol. The van der Waals surface area contributed by atoms with Crippen LogP contribution in [0.3, 0.4) is 0 Å². The third-order valence-corrected chi connectivity index (χ3v) is 6.04. The van der Waals surface area contributed by atoms with E-state index in [0.29, 0.717) is 21.6 Å². The van der Waals surface area contributed by atoms with E-state index in [9.17, 15) is 9.59 Å². The van der Waals surface area contributed by atoms with Crippen LogP contribution in [0.15, 0.2) is 71.9 Å². The lowest BCUT2D eigenvalue weighted by Crippen LogP contribution is -2.42. The molecule has 3 aromatic carbocycles. The van der Waals surface area contributed by atoms with E-state index in [1.54, 1.807) is 28.8 Å². The summed E-state index contributed by atoms with van der Waals surface area (Å²) in [5.74, 6) is 0.609. The lowest BCUT2D eigenvalue weighted by Gasteiger charge is -2.08. The smallest absolute Gasteiger partial charge is 0.269 e. The molecule has 0 saturated carbocycles. The summed E-state index contributed by atoms with van der Waals surface area (Å²) in [5.41, 5.74) is 5.13. The zero-order valence-electron chi connectivity index (χ0n) is 17.6. The lowest BCUT2D eigenvalue weighted by atomic mass is 10.1. The molecule has 0 spiro atoms. The first kappa shape index (κ1) is 22.6. The van der Waals surface area contributed by atoms with E-state index in [1.807, 2.05) is 49.5 Å². The molecule has 4 rings (SSSR count). The van der Waals surface area contributed by atoms with Crippen molar-refractivity contribution in [1.29, 1.82) is 0 Å². The molecule has 0 aliphatic rings. The summed E-state index contributed by atoms with van der Waals surface area (Å²) in [6, 6.07) is 20.3. The van der Waals surface area contributed by atoms with E-state index in [0.717, 1.165) is 16.5 Å². The first-order valence-corrected chi connectivity index (χ1v) is 11.3. The minimum Gasteiger partial charge on any atom is -0.486 e. The van der Waals surface area contributed by atoms with Crippen molar-refractivity contribution < 1.29 is 14.3 Å². The molecule has 4 aromatic rings. The quantitative estimate of drug-likeness (QED) is 0.308. The number of hydrogen-bond acceptors (Lipinski definition) is 6. The molecule has 0 bridgehead atoms. The van der Waals surface area contributed by atoms with E-state index >= 15 is 0 Å². The number of carbonyl (C=O) groups is 2. The molecule has 33 heavy (non-hydrogen) atoms. The lowest BCUT2D eigenvalue weighted by molar-refractivity contribution is -0.119. The van der Waals surface area contributed by atoms with E-state index in [4.69, 9.17) is 16.3 Å². The van der Waals surface area contributed by atoms with E-state index < -0.39 is 5.91 Å². The SMILES string of the molecule is Cn1c(COc2ccc3ccccc3c2)nnc1SCC(=O)NNC(=O)c1ccc(Cl)cc1. The second kappa shape index (κ2) is 10.4. The second-order valence-corrected chi connectivity index (χ2v) is 8.43. The Balaban J connectivity index is 1.26. The zero-order chi connectivity index (χ0) is 23.2. The fourth-order valence-corrected chi connectivity index (χ4v) is 3.82. The molecule has 0 saturated heterocycles. The van der Waals surface area contributed by atoms with Gasteiger partial charge >= 0.3 is 0 Å². The number of amides is 2. The van der Waals surface area contributed by atoms with Crippen LogP contribution in [0.25, 0.3) is 10.8 Å². The molecular weight excluding hydrogens is 462 g/mol. The Morgan fingerprint density at radius 2 is 1.76 bits per heavy atom. The van der Waals surface area contributed by atoms with Crippen molar-refractivity contribution in [1.82, 2.24) is 25.6 Å². The maximum atomic E-state index is 12.1. The third kappa shape index (κ3) is 5.82. The predicted octanol–water partition coefficient (Wildman–Crippen LogP) is 3.75. The normalized spacial score (nSPS) is 10.7. The second-order valence-electron chi connectivity index (χ2n) is 7.05. The highest BCUT2D eigenvalue weighted by atomic mass is 35.5. The van der Waals surface area contributed by atoms with Crippen LogP contribution in [-0.4, -0.2) is 32.3 Å². The topological polar surface area (TPSA) is 98.1 Å².